The minimum Gasteiger partial charge on any atom is -0.461 e. The fourth-order valence-corrected chi connectivity index (χ4v) is 7.33. The first-order chi connectivity index (χ1) is 23.6. The van der Waals surface area contributed by atoms with Crippen LogP contribution >= 0.6 is 0 Å². The van der Waals surface area contributed by atoms with E-state index in [1.54, 1.807) is 30.4 Å². The molecule has 0 spiro atoms. The van der Waals surface area contributed by atoms with Crippen molar-refractivity contribution in [1.29, 1.82) is 0 Å². The maximum absolute atomic E-state index is 15.6. The number of nitrogens with zero attached hydrogens (tertiary/aromatic N) is 6. The molecule has 256 valence electrons. The van der Waals surface area contributed by atoms with Crippen molar-refractivity contribution in [2.45, 2.75) is 58.7 Å². The molecule has 3 aliphatic rings. The molecule has 1 aromatic carbocycles. The molecule has 12 heteroatoms. The fraction of sp³-hybridized carbons (Fsp3) is 0.405. The van der Waals surface area contributed by atoms with E-state index in [1.807, 2.05) is 18.2 Å². The molecule has 1 fully saturated rings. The Hall–Kier alpha value is -4.97. The number of amides is 1. The number of fused-ring (bicyclic) bond motifs is 3. The van der Waals surface area contributed by atoms with E-state index in [2.05, 4.69) is 38.6 Å². The quantitative estimate of drug-likeness (QED) is 0.279. The van der Waals surface area contributed by atoms with Crippen molar-refractivity contribution >= 4 is 34.8 Å². The highest BCUT2D eigenvalue weighted by Crippen LogP contribution is 2.37. The van der Waals surface area contributed by atoms with E-state index in [0.29, 0.717) is 53.0 Å². The van der Waals surface area contributed by atoms with Crippen LogP contribution in [0.5, 0.6) is 0 Å². The summed E-state index contributed by atoms with van der Waals surface area (Å²) < 4.78 is 24.6. The summed E-state index contributed by atoms with van der Waals surface area (Å²) in [6, 6.07) is 10.6. The zero-order valence-corrected chi connectivity index (χ0v) is 28.5. The lowest BCUT2D eigenvalue weighted by atomic mass is 9.97. The molecule has 0 unspecified atom stereocenters. The van der Waals surface area contributed by atoms with Crippen LogP contribution in [0.15, 0.2) is 53.6 Å². The number of carbonyl (C=O) groups is 2. The highest BCUT2D eigenvalue weighted by atomic mass is 19.1. The number of anilines is 4. The van der Waals surface area contributed by atoms with Crippen molar-refractivity contribution < 1.29 is 18.7 Å². The molecule has 1 N–H and O–H groups in total. The first-order valence-corrected chi connectivity index (χ1v) is 17.0. The second kappa shape index (κ2) is 13.1. The number of pyridine rings is 2. The highest BCUT2D eigenvalue weighted by Gasteiger charge is 2.32. The van der Waals surface area contributed by atoms with Crippen LogP contribution in [0.25, 0.3) is 11.1 Å². The lowest BCUT2D eigenvalue weighted by Crippen LogP contribution is -2.50. The standard InChI is InChI=1S/C37H42FN7O4/c1-23-20-43(12-11-41(23)3)28-9-10-35(39-19-28)40-31-15-26(21-42(4)36(31)47)29-17-27(38)18-33(30(29)22-49-24(2)46)45-14-13-44-32-8-6-5-7-25(32)16-34(44)37(45)48/h9-10,15-19,21,23H,5-8,11-14,20,22H2,1-4H3,(H,39,40)/t23-/m1/s1. The van der Waals surface area contributed by atoms with Gasteiger partial charge in [0.25, 0.3) is 11.5 Å². The molecular formula is C37H42FN7O4. The van der Waals surface area contributed by atoms with Crippen molar-refractivity contribution in [2.24, 2.45) is 7.05 Å². The third-order valence-corrected chi connectivity index (χ3v) is 10.2. The van der Waals surface area contributed by atoms with Gasteiger partial charge in [-0.15, -0.1) is 0 Å². The maximum atomic E-state index is 15.6. The third kappa shape index (κ3) is 6.32. The van der Waals surface area contributed by atoms with Gasteiger partial charge in [-0.1, -0.05) is 0 Å². The number of benzene rings is 1. The highest BCUT2D eigenvalue weighted by molar-refractivity contribution is 6.07. The predicted molar refractivity (Wildman–Crippen MR) is 187 cm³/mol. The topological polar surface area (TPSA) is 105 Å². The zero-order valence-electron chi connectivity index (χ0n) is 28.5. The van der Waals surface area contributed by atoms with Gasteiger partial charge in [-0.25, -0.2) is 9.37 Å². The molecule has 1 atom stereocenters. The van der Waals surface area contributed by atoms with Gasteiger partial charge in [-0.2, -0.15) is 0 Å². The number of carbonyl (C=O) groups excluding carboxylic acids is 2. The Bertz CT molecular complexity index is 1990. The Morgan fingerprint density at radius 3 is 2.61 bits per heavy atom. The van der Waals surface area contributed by atoms with E-state index in [4.69, 9.17) is 4.74 Å². The van der Waals surface area contributed by atoms with Crippen molar-refractivity contribution in [1.82, 2.24) is 19.0 Å². The number of likely N-dealkylation sites (N-methyl/N-ethyl adjacent to an activating group) is 1. The van der Waals surface area contributed by atoms with Gasteiger partial charge >= 0.3 is 5.97 Å². The molecule has 11 nitrogen and oxygen atoms in total. The summed E-state index contributed by atoms with van der Waals surface area (Å²) in [6.45, 7) is 7.03. The molecule has 1 aliphatic carbocycles. The molecule has 0 saturated carbocycles. The van der Waals surface area contributed by atoms with Gasteiger partial charge in [0.1, 0.15) is 29.6 Å². The number of esters is 1. The van der Waals surface area contributed by atoms with Crippen LogP contribution in [0.3, 0.4) is 0 Å². The van der Waals surface area contributed by atoms with Gasteiger partial charge in [-0.3, -0.25) is 14.4 Å². The van der Waals surface area contributed by atoms with Crippen molar-refractivity contribution in [3.05, 3.63) is 87.5 Å². The predicted octanol–water partition coefficient (Wildman–Crippen LogP) is 4.87. The molecular weight excluding hydrogens is 625 g/mol. The molecule has 0 bridgehead atoms. The Labute approximate surface area is 284 Å². The average Bonchev–Trinajstić information content (AvgIpc) is 3.47. The number of ether oxygens (including phenoxy) is 1. The van der Waals surface area contributed by atoms with Crippen LogP contribution in [-0.4, -0.2) is 70.2 Å². The lowest BCUT2D eigenvalue weighted by Gasteiger charge is -2.38. The Morgan fingerprint density at radius 2 is 1.86 bits per heavy atom. The largest absolute Gasteiger partial charge is 0.461 e. The minimum absolute atomic E-state index is 0.179. The first-order valence-electron chi connectivity index (χ1n) is 17.0. The van der Waals surface area contributed by atoms with E-state index in [-0.39, 0.29) is 23.8 Å². The Morgan fingerprint density at radius 1 is 1.04 bits per heavy atom. The maximum Gasteiger partial charge on any atom is 0.302 e. The van der Waals surface area contributed by atoms with Crippen LogP contribution < -0.4 is 20.7 Å². The van der Waals surface area contributed by atoms with Gasteiger partial charge in [0.15, 0.2) is 0 Å². The molecule has 1 amide bonds. The van der Waals surface area contributed by atoms with E-state index in [9.17, 15) is 14.4 Å². The normalized spacial score (nSPS) is 17.9. The second-order valence-electron chi connectivity index (χ2n) is 13.4. The number of rotatable bonds is 7. The lowest BCUT2D eigenvalue weighted by molar-refractivity contribution is -0.142. The van der Waals surface area contributed by atoms with Gasteiger partial charge in [0.05, 0.1) is 17.6 Å². The molecule has 49 heavy (non-hydrogen) atoms. The summed E-state index contributed by atoms with van der Waals surface area (Å²) in [4.78, 5) is 50.2. The SMILES string of the molecule is CC(=O)OCc1c(-c2cc(Nc3ccc(N4CCN(C)[C@H](C)C4)cn3)c(=O)n(C)c2)cc(F)cc1N1CCn2c(cc3c2CCCC3)C1=O. The van der Waals surface area contributed by atoms with Gasteiger partial charge in [0, 0.05) is 75.8 Å². The van der Waals surface area contributed by atoms with E-state index in [0.717, 1.165) is 51.0 Å². The van der Waals surface area contributed by atoms with Crippen molar-refractivity contribution in [3.8, 4) is 11.1 Å². The number of halogens is 1. The summed E-state index contributed by atoms with van der Waals surface area (Å²) in [7, 11) is 3.75. The Kier molecular flexibility index (Phi) is 8.74. The molecule has 7 rings (SSSR count). The summed E-state index contributed by atoms with van der Waals surface area (Å²) in [5, 5.41) is 3.16. The van der Waals surface area contributed by atoms with Crippen LogP contribution in [0.1, 0.15) is 54.0 Å². The number of aromatic nitrogens is 3. The summed E-state index contributed by atoms with van der Waals surface area (Å²) >= 11 is 0. The summed E-state index contributed by atoms with van der Waals surface area (Å²) in [5.74, 6) is -0.783. The number of piperazine rings is 1. The Balaban J connectivity index is 1.23. The fourth-order valence-electron chi connectivity index (χ4n) is 7.33. The van der Waals surface area contributed by atoms with E-state index < -0.39 is 11.8 Å². The van der Waals surface area contributed by atoms with Crippen LogP contribution in [0, 0.1) is 5.82 Å². The van der Waals surface area contributed by atoms with Crippen LogP contribution in [0.2, 0.25) is 0 Å². The van der Waals surface area contributed by atoms with E-state index >= 15 is 4.39 Å². The van der Waals surface area contributed by atoms with E-state index in [1.165, 1.54) is 34.9 Å². The van der Waals surface area contributed by atoms with Gasteiger partial charge in [-0.05, 0) is 87.2 Å². The van der Waals surface area contributed by atoms with Crippen molar-refractivity contribution in [3.63, 3.8) is 0 Å². The third-order valence-electron chi connectivity index (χ3n) is 10.2. The molecule has 1 saturated heterocycles. The van der Waals surface area contributed by atoms with Gasteiger partial charge < -0.3 is 33.9 Å². The molecule has 0 radical (unpaired) electrons. The van der Waals surface area contributed by atoms with Crippen molar-refractivity contribution in [2.75, 3.05) is 48.3 Å². The summed E-state index contributed by atoms with van der Waals surface area (Å²) in [5.41, 5.74) is 5.72. The molecule has 2 aliphatic heterocycles. The number of aryl methyl sites for hydroxylation is 2. The summed E-state index contributed by atoms with van der Waals surface area (Å²) in [6.07, 6.45) is 7.51. The monoisotopic (exact) mass is 667 g/mol. The second-order valence-corrected chi connectivity index (χ2v) is 13.4. The zero-order chi connectivity index (χ0) is 34.4. The van der Waals surface area contributed by atoms with Crippen LogP contribution in [-0.2, 0) is 42.6 Å². The average molecular weight is 668 g/mol. The number of nitrogens with one attached hydrogen (secondary N) is 1. The molecule has 3 aromatic heterocycles. The van der Waals surface area contributed by atoms with Gasteiger partial charge in [0.2, 0.25) is 0 Å². The molecule has 5 heterocycles. The van der Waals surface area contributed by atoms with Crippen LogP contribution in [0.4, 0.5) is 27.3 Å². The minimum atomic E-state index is -0.552. The molecule has 4 aromatic rings. The number of hydrogen-bond donors (Lipinski definition) is 1. The first kappa shape index (κ1) is 32.6. The smallest absolute Gasteiger partial charge is 0.302 e. The number of hydrogen-bond acceptors (Lipinski definition) is 8.